The monoisotopic (exact) mass is 753 g/mol. The third kappa shape index (κ3) is 5.62. The number of carboxylic acid groups (broad SMARTS) is 1. The fourth-order valence-corrected chi connectivity index (χ4v) is 11.7. The highest BCUT2D eigenvalue weighted by atomic mass is 19.4. The highest BCUT2D eigenvalue weighted by molar-refractivity contribution is 6.00. The van der Waals surface area contributed by atoms with E-state index in [4.69, 9.17) is 4.74 Å². The van der Waals surface area contributed by atoms with Crippen LogP contribution in [0.3, 0.4) is 0 Å². The summed E-state index contributed by atoms with van der Waals surface area (Å²) in [5, 5.41) is 13.8. The van der Waals surface area contributed by atoms with Gasteiger partial charge in [0.2, 0.25) is 0 Å². The number of amides is 1. The van der Waals surface area contributed by atoms with E-state index in [1.165, 1.54) is 12.8 Å². The minimum atomic E-state index is -5.01. The number of hydrogen-bond acceptors (Lipinski definition) is 6. The number of nitrogens with one attached hydrogen (secondary N) is 1. The molecule has 2 N–H and O–H groups in total. The molecule has 14 heteroatoms. The lowest BCUT2D eigenvalue weighted by Gasteiger charge is -2.59. The fraction of sp³-hybridized carbons (Fsp3) is 0.650. The Morgan fingerprint density at radius 3 is 2.19 bits per heavy atom. The minimum Gasteiger partial charge on any atom is -0.490 e. The lowest BCUT2D eigenvalue weighted by atomic mass is 9.48. The lowest BCUT2D eigenvalue weighted by Crippen LogP contribution is -2.70. The van der Waals surface area contributed by atoms with Gasteiger partial charge in [-0.05, 0) is 125 Å². The van der Waals surface area contributed by atoms with Crippen molar-refractivity contribution in [1.82, 2.24) is 24.8 Å². The normalized spacial score (nSPS) is 33.7. The molecule has 1 spiro atoms. The van der Waals surface area contributed by atoms with Crippen molar-refractivity contribution in [3.8, 4) is 17.1 Å². The van der Waals surface area contributed by atoms with Crippen molar-refractivity contribution in [1.29, 1.82) is 0 Å². The van der Waals surface area contributed by atoms with Gasteiger partial charge in [-0.3, -0.25) is 9.69 Å². The van der Waals surface area contributed by atoms with Crippen LogP contribution in [-0.2, 0) is 11.0 Å². The molecule has 0 unspecified atom stereocenters. The first-order valence-electron chi connectivity index (χ1n) is 19.6. The van der Waals surface area contributed by atoms with Crippen LogP contribution in [0.5, 0.6) is 5.75 Å². The zero-order chi connectivity index (χ0) is 37.4. The van der Waals surface area contributed by atoms with Gasteiger partial charge in [0, 0.05) is 41.5 Å². The predicted molar refractivity (Wildman–Crippen MR) is 186 cm³/mol. The second-order valence-corrected chi connectivity index (χ2v) is 17.9. The Labute approximate surface area is 309 Å². The molecule has 9 nitrogen and oxygen atoms in total. The summed E-state index contributed by atoms with van der Waals surface area (Å²) >= 11 is 0. The number of aromatic nitrogens is 3. The summed E-state index contributed by atoms with van der Waals surface area (Å²) in [6.07, 6.45) is 8.59. The molecule has 2 aromatic heterocycles. The first-order chi connectivity index (χ1) is 25.7. The first kappa shape index (κ1) is 34.7. The number of aliphatic carboxylic acids is 1. The van der Waals surface area contributed by atoms with Gasteiger partial charge in [0.15, 0.2) is 11.5 Å². The van der Waals surface area contributed by atoms with Crippen molar-refractivity contribution in [2.75, 3.05) is 13.1 Å². The number of carboxylic acids is 1. The topological polar surface area (TPSA) is 110 Å². The Bertz CT molecular complexity index is 1990. The van der Waals surface area contributed by atoms with Gasteiger partial charge < -0.3 is 19.7 Å². The van der Waals surface area contributed by atoms with Crippen LogP contribution in [-0.4, -0.2) is 73.1 Å². The number of fused-ring (bicyclic) bond motifs is 1. The minimum absolute atomic E-state index is 0.0719. The molecule has 1 aliphatic heterocycles. The maximum absolute atomic E-state index is 14.8. The molecular weight excluding hydrogens is 709 g/mol. The molecule has 11 rings (SSSR count). The van der Waals surface area contributed by atoms with E-state index >= 15 is 0 Å². The van der Waals surface area contributed by atoms with Gasteiger partial charge in [-0.15, -0.1) is 0 Å². The van der Waals surface area contributed by atoms with Crippen LogP contribution in [0.1, 0.15) is 106 Å². The third-order valence-corrected chi connectivity index (χ3v) is 14.5. The molecule has 1 amide bonds. The van der Waals surface area contributed by atoms with E-state index in [0.29, 0.717) is 59.6 Å². The van der Waals surface area contributed by atoms with Crippen LogP contribution in [0.4, 0.5) is 22.0 Å². The van der Waals surface area contributed by atoms with E-state index in [-0.39, 0.29) is 48.9 Å². The Kier molecular flexibility index (Phi) is 7.61. The van der Waals surface area contributed by atoms with Crippen molar-refractivity contribution < 1.29 is 41.4 Å². The van der Waals surface area contributed by atoms with Crippen LogP contribution in [0.15, 0.2) is 30.6 Å². The molecule has 8 fully saturated rings. The van der Waals surface area contributed by atoms with Gasteiger partial charge in [0.25, 0.3) is 11.8 Å². The summed E-state index contributed by atoms with van der Waals surface area (Å²) < 4.78 is 79.7. The maximum Gasteiger partial charge on any atom is 0.434 e. The molecule has 3 heterocycles. The van der Waals surface area contributed by atoms with Gasteiger partial charge in [-0.2, -0.15) is 13.2 Å². The summed E-state index contributed by atoms with van der Waals surface area (Å²) in [6, 6.07) is 5.82. The van der Waals surface area contributed by atoms with Crippen molar-refractivity contribution in [3.05, 3.63) is 41.9 Å². The summed E-state index contributed by atoms with van der Waals surface area (Å²) in [5.41, 5.74) is -2.24. The highest BCUT2D eigenvalue weighted by Crippen LogP contribution is 2.65. The standard InChI is InChI=1S/C40H44F5N5O4/c41-38(42)19-49(20-38)25-1-3-27(4-2-25)54-28-5-6-29-31(18-50(32(29)14-28)26-15-37(16-26)7-8-37)34-46-17-30(33(47-34)40(43,44)45)35(51)48-39(36(52)53)23-10-21-9-22(12-23)13-24(39)11-21/h5-6,14,17-18,21-27H,1-4,7-13,15-16,19-20H2,(H,48,51)(H,52,53)/t21?,22?,23?,24?,25-,27-,39?. The number of halogens is 5. The van der Waals surface area contributed by atoms with Crippen molar-refractivity contribution in [2.45, 2.75) is 119 Å². The number of hydrogen-bond donors (Lipinski definition) is 2. The van der Waals surface area contributed by atoms with Crippen LogP contribution in [0, 0.1) is 29.1 Å². The molecule has 4 bridgehead atoms. The lowest BCUT2D eigenvalue weighted by molar-refractivity contribution is -0.163. The molecule has 54 heavy (non-hydrogen) atoms. The first-order valence-corrected chi connectivity index (χ1v) is 19.6. The van der Waals surface area contributed by atoms with Gasteiger partial charge in [-0.1, -0.05) is 0 Å². The van der Waals surface area contributed by atoms with E-state index in [1.54, 1.807) is 6.07 Å². The van der Waals surface area contributed by atoms with Gasteiger partial charge >= 0.3 is 12.1 Å². The third-order valence-electron chi connectivity index (χ3n) is 14.5. The largest absolute Gasteiger partial charge is 0.490 e. The zero-order valence-corrected chi connectivity index (χ0v) is 29.9. The van der Waals surface area contributed by atoms with E-state index in [1.807, 2.05) is 23.2 Å². The smallest absolute Gasteiger partial charge is 0.434 e. The summed E-state index contributed by atoms with van der Waals surface area (Å²) in [5.74, 6) is -4.32. The Morgan fingerprint density at radius 1 is 0.926 bits per heavy atom. The average molecular weight is 754 g/mol. The number of ether oxygens (including phenoxy) is 1. The van der Waals surface area contributed by atoms with Crippen LogP contribution < -0.4 is 10.1 Å². The number of benzene rings is 1. The second kappa shape index (κ2) is 11.8. The average Bonchev–Trinajstić information content (AvgIpc) is 3.82. The molecule has 0 radical (unpaired) electrons. The number of rotatable bonds is 8. The number of nitrogens with zero attached hydrogens (tertiary/aromatic N) is 4. The molecule has 1 saturated heterocycles. The van der Waals surface area contributed by atoms with E-state index in [2.05, 4.69) is 19.9 Å². The summed E-state index contributed by atoms with van der Waals surface area (Å²) in [4.78, 5) is 36.8. The molecule has 0 atom stereocenters. The molecule has 7 aliphatic carbocycles. The molecule has 8 aliphatic rings. The summed E-state index contributed by atoms with van der Waals surface area (Å²) in [7, 11) is 0. The second-order valence-electron chi connectivity index (χ2n) is 17.9. The fourth-order valence-electron chi connectivity index (χ4n) is 11.7. The number of likely N-dealkylation sites (tertiary alicyclic amines) is 1. The van der Waals surface area contributed by atoms with E-state index < -0.39 is 40.8 Å². The van der Waals surface area contributed by atoms with E-state index in [0.717, 1.165) is 56.7 Å². The van der Waals surface area contributed by atoms with Crippen LogP contribution in [0.2, 0.25) is 0 Å². The molecule has 288 valence electrons. The van der Waals surface area contributed by atoms with Crippen LogP contribution in [0.25, 0.3) is 22.3 Å². The van der Waals surface area contributed by atoms with Crippen molar-refractivity contribution in [3.63, 3.8) is 0 Å². The van der Waals surface area contributed by atoms with Crippen molar-refractivity contribution in [2.24, 2.45) is 29.1 Å². The van der Waals surface area contributed by atoms with Gasteiger partial charge in [0.1, 0.15) is 11.3 Å². The zero-order valence-electron chi connectivity index (χ0n) is 29.9. The summed E-state index contributed by atoms with van der Waals surface area (Å²) in [6.45, 7) is -0.364. The molecule has 3 aromatic rings. The van der Waals surface area contributed by atoms with Crippen LogP contribution >= 0.6 is 0 Å². The quantitative estimate of drug-likeness (QED) is 0.225. The predicted octanol–water partition coefficient (Wildman–Crippen LogP) is 7.88. The molecule has 7 saturated carbocycles. The number of carbonyl (C=O) groups is 2. The Balaban J connectivity index is 0.941. The van der Waals surface area contributed by atoms with Gasteiger partial charge in [0.05, 0.1) is 30.3 Å². The maximum atomic E-state index is 14.8. The molecule has 1 aromatic carbocycles. The molecular formula is C40H44F5N5O4. The number of alkyl halides is 5. The Hall–Kier alpha value is -3.81. The highest BCUT2D eigenvalue weighted by Gasteiger charge is 2.62. The SMILES string of the molecule is O=C(NC1(C(=O)O)C2CC3CC(C2)CC1C3)c1cnc(-c2cn(C3CC4(CC4)C3)c3cc(O[C@H]4CC[C@H](N5CC(F)(F)C5)CC4)ccc23)nc1C(F)(F)F. The number of carbonyl (C=O) groups excluding carboxylic acids is 1. The van der Waals surface area contributed by atoms with Gasteiger partial charge in [-0.25, -0.2) is 23.5 Å². The van der Waals surface area contributed by atoms with Crippen molar-refractivity contribution >= 4 is 22.8 Å². The van der Waals surface area contributed by atoms with E-state index in [9.17, 15) is 36.6 Å². The Morgan fingerprint density at radius 2 is 1.59 bits per heavy atom.